The van der Waals surface area contributed by atoms with E-state index in [-0.39, 0.29) is 18.0 Å². The molecule has 2 aromatic carbocycles. The van der Waals surface area contributed by atoms with Crippen LogP contribution in [-0.2, 0) is 6.42 Å². The Kier molecular flexibility index (Phi) is 4.38. The molecular weight excluding hydrogens is 331 g/mol. The van der Waals surface area contributed by atoms with Crippen molar-refractivity contribution in [3.63, 3.8) is 0 Å². The van der Waals surface area contributed by atoms with E-state index in [2.05, 4.69) is 15.9 Å². The van der Waals surface area contributed by atoms with E-state index in [9.17, 15) is 9.18 Å². The summed E-state index contributed by atoms with van der Waals surface area (Å²) in [6.45, 7) is 1.88. The van der Waals surface area contributed by atoms with E-state index in [1.807, 2.05) is 6.92 Å². The molecule has 1 nitrogen and oxygen atoms in total. The summed E-state index contributed by atoms with van der Waals surface area (Å²) in [5.74, 6) is -0.442. The molecule has 0 amide bonds. The van der Waals surface area contributed by atoms with E-state index in [1.54, 1.807) is 24.3 Å². The van der Waals surface area contributed by atoms with Gasteiger partial charge in [-0.2, -0.15) is 0 Å². The van der Waals surface area contributed by atoms with Crippen LogP contribution in [0.4, 0.5) is 4.39 Å². The molecule has 0 heterocycles. The van der Waals surface area contributed by atoms with Gasteiger partial charge in [0.15, 0.2) is 5.78 Å². The highest BCUT2D eigenvalue weighted by Gasteiger charge is 2.10. The molecule has 98 valence electrons. The number of carbonyl (C=O) groups excluding carboxylic acids is 1. The molecule has 0 aliphatic carbocycles. The minimum Gasteiger partial charge on any atom is -0.294 e. The number of ketones is 1. The van der Waals surface area contributed by atoms with Gasteiger partial charge in [-0.25, -0.2) is 4.39 Å². The smallest absolute Gasteiger partial charge is 0.167 e. The van der Waals surface area contributed by atoms with E-state index < -0.39 is 0 Å². The van der Waals surface area contributed by atoms with E-state index in [4.69, 9.17) is 11.6 Å². The highest BCUT2D eigenvalue weighted by Crippen LogP contribution is 2.19. The molecule has 0 atom stereocenters. The molecule has 0 saturated carbocycles. The Hall–Kier alpha value is -1.19. The van der Waals surface area contributed by atoms with Gasteiger partial charge in [0.1, 0.15) is 5.82 Å². The maximum Gasteiger partial charge on any atom is 0.167 e. The second-order valence-electron chi connectivity index (χ2n) is 4.39. The average Bonchev–Trinajstić information content (AvgIpc) is 2.25. The molecule has 0 N–H and O–H groups in total. The zero-order valence-corrected chi connectivity index (χ0v) is 12.6. The van der Waals surface area contributed by atoms with Crippen LogP contribution in [0.15, 0.2) is 40.9 Å². The Morgan fingerprint density at radius 2 is 1.95 bits per heavy atom. The third kappa shape index (κ3) is 3.88. The lowest BCUT2D eigenvalue weighted by Crippen LogP contribution is -2.04. The standard InChI is InChI=1S/C15H11BrClFO/c1-9-2-11(7-13(17)3-9)15(19)6-10-4-12(16)8-14(18)5-10/h2-5,7-8H,6H2,1H3. The molecule has 4 heteroatoms. The number of carbonyl (C=O) groups is 1. The Morgan fingerprint density at radius 1 is 1.21 bits per heavy atom. The summed E-state index contributed by atoms with van der Waals surface area (Å²) < 4.78 is 13.9. The number of halogens is 3. The van der Waals surface area contributed by atoms with Gasteiger partial charge in [-0.3, -0.25) is 4.79 Å². The Balaban J connectivity index is 2.25. The van der Waals surface area contributed by atoms with Crippen LogP contribution in [0, 0.1) is 12.7 Å². The number of hydrogen-bond acceptors (Lipinski definition) is 1. The third-order valence-corrected chi connectivity index (χ3v) is 3.33. The number of Topliss-reactive ketones (excluding diaryl/α,β-unsaturated/α-hetero) is 1. The fraction of sp³-hybridized carbons (Fsp3) is 0.133. The minimum atomic E-state index is -0.362. The molecule has 0 radical (unpaired) electrons. The van der Waals surface area contributed by atoms with Crippen molar-refractivity contribution in [2.45, 2.75) is 13.3 Å². The summed E-state index contributed by atoms with van der Waals surface area (Å²) >= 11 is 9.14. The van der Waals surface area contributed by atoms with Crippen LogP contribution in [0.3, 0.4) is 0 Å². The molecule has 0 fully saturated rings. The van der Waals surface area contributed by atoms with E-state index in [1.165, 1.54) is 12.1 Å². The first-order valence-electron chi connectivity index (χ1n) is 5.69. The summed E-state index contributed by atoms with van der Waals surface area (Å²) in [5.41, 5.74) is 2.11. The first-order valence-corrected chi connectivity index (χ1v) is 6.86. The first kappa shape index (κ1) is 14.2. The largest absolute Gasteiger partial charge is 0.294 e. The molecular formula is C15H11BrClFO. The van der Waals surface area contributed by atoms with Gasteiger partial charge < -0.3 is 0 Å². The lowest BCUT2D eigenvalue weighted by Gasteiger charge is -2.05. The van der Waals surface area contributed by atoms with Crippen molar-refractivity contribution in [1.29, 1.82) is 0 Å². The highest BCUT2D eigenvalue weighted by molar-refractivity contribution is 9.10. The van der Waals surface area contributed by atoms with Crippen molar-refractivity contribution < 1.29 is 9.18 Å². The van der Waals surface area contributed by atoms with Gasteiger partial charge in [-0.1, -0.05) is 27.5 Å². The average molecular weight is 342 g/mol. The second kappa shape index (κ2) is 5.85. The van der Waals surface area contributed by atoms with Crippen molar-refractivity contribution >= 4 is 33.3 Å². The van der Waals surface area contributed by atoms with Crippen molar-refractivity contribution in [2.75, 3.05) is 0 Å². The topological polar surface area (TPSA) is 17.1 Å². The minimum absolute atomic E-state index is 0.0805. The normalized spacial score (nSPS) is 10.5. The molecule has 0 aliphatic rings. The number of benzene rings is 2. The van der Waals surface area contributed by atoms with E-state index >= 15 is 0 Å². The van der Waals surface area contributed by atoms with Crippen molar-refractivity contribution in [3.05, 3.63) is 68.4 Å². The summed E-state index contributed by atoms with van der Waals surface area (Å²) in [7, 11) is 0. The molecule has 0 aliphatic heterocycles. The number of hydrogen-bond donors (Lipinski definition) is 0. The summed E-state index contributed by atoms with van der Waals surface area (Å²) in [6, 6.07) is 9.65. The van der Waals surface area contributed by atoms with Gasteiger partial charge in [0.25, 0.3) is 0 Å². The monoisotopic (exact) mass is 340 g/mol. The summed E-state index contributed by atoms with van der Waals surface area (Å²) in [5, 5.41) is 0.531. The molecule has 0 saturated heterocycles. The lowest BCUT2D eigenvalue weighted by atomic mass is 10.0. The third-order valence-electron chi connectivity index (χ3n) is 2.65. The van der Waals surface area contributed by atoms with Crippen molar-refractivity contribution in [2.24, 2.45) is 0 Å². The molecule has 2 rings (SSSR count). The van der Waals surface area contributed by atoms with Crippen LogP contribution in [0.5, 0.6) is 0 Å². The highest BCUT2D eigenvalue weighted by atomic mass is 79.9. The van der Waals surface area contributed by atoms with Gasteiger partial charge in [-0.05, 0) is 54.4 Å². The predicted molar refractivity (Wildman–Crippen MR) is 78.3 cm³/mol. The van der Waals surface area contributed by atoms with Gasteiger partial charge in [0.2, 0.25) is 0 Å². The zero-order valence-electron chi connectivity index (χ0n) is 10.2. The van der Waals surface area contributed by atoms with Crippen LogP contribution in [-0.4, -0.2) is 5.78 Å². The van der Waals surface area contributed by atoms with Gasteiger partial charge >= 0.3 is 0 Å². The van der Waals surface area contributed by atoms with Crippen LogP contribution < -0.4 is 0 Å². The quantitative estimate of drug-likeness (QED) is 0.720. The van der Waals surface area contributed by atoms with Gasteiger partial charge in [0.05, 0.1) is 0 Å². The summed E-state index contributed by atoms with van der Waals surface area (Å²) in [6.07, 6.45) is 0.149. The first-order chi connectivity index (χ1) is 8.94. The van der Waals surface area contributed by atoms with Crippen LogP contribution in [0.2, 0.25) is 5.02 Å². The van der Waals surface area contributed by atoms with Gasteiger partial charge in [0, 0.05) is 21.5 Å². The molecule has 0 bridgehead atoms. The van der Waals surface area contributed by atoms with Crippen LogP contribution in [0.25, 0.3) is 0 Å². The number of aryl methyl sites for hydroxylation is 1. The number of rotatable bonds is 3. The fourth-order valence-corrected chi connectivity index (χ4v) is 2.70. The Bertz CT molecular complexity index is 600. The SMILES string of the molecule is Cc1cc(Cl)cc(C(=O)Cc2cc(F)cc(Br)c2)c1. The second-order valence-corrected chi connectivity index (χ2v) is 5.75. The zero-order chi connectivity index (χ0) is 14.0. The van der Waals surface area contributed by atoms with Crippen LogP contribution >= 0.6 is 27.5 Å². The summed E-state index contributed by atoms with van der Waals surface area (Å²) in [4.78, 5) is 12.1. The molecule has 19 heavy (non-hydrogen) atoms. The maximum atomic E-state index is 13.2. The lowest BCUT2D eigenvalue weighted by molar-refractivity contribution is 0.0993. The van der Waals surface area contributed by atoms with Crippen LogP contribution in [0.1, 0.15) is 21.5 Å². The van der Waals surface area contributed by atoms with Gasteiger partial charge in [-0.15, -0.1) is 0 Å². The molecule has 0 aromatic heterocycles. The van der Waals surface area contributed by atoms with Crippen molar-refractivity contribution in [1.82, 2.24) is 0 Å². The van der Waals surface area contributed by atoms with E-state index in [0.29, 0.717) is 20.6 Å². The van der Waals surface area contributed by atoms with E-state index in [0.717, 1.165) is 5.56 Å². The molecule has 0 spiro atoms. The Labute approximate surface area is 124 Å². The molecule has 0 unspecified atom stereocenters. The maximum absolute atomic E-state index is 13.2. The fourth-order valence-electron chi connectivity index (χ4n) is 1.90. The van der Waals surface area contributed by atoms with Crippen molar-refractivity contribution in [3.8, 4) is 0 Å². The molecule has 2 aromatic rings. The Morgan fingerprint density at radius 3 is 2.58 bits per heavy atom. The predicted octanol–water partition coefficient (Wildman–Crippen LogP) is 4.98.